The SMILES string of the molecule is Cc1nn(C)c2nc(C3CC3)cc(C(=O)Nc3ncnn3C(C)(C)C)c12. The summed E-state index contributed by atoms with van der Waals surface area (Å²) in [6.07, 6.45) is 3.69. The van der Waals surface area contributed by atoms with Gasteiger partial charge in [-0.3, -0.25) is 14.8 Å². The van der Waals surface area contributed by atoms with Crippen LogP contribution >= 0.6 is 0 Å². The van der Waals surface area contributed by atoms with E-state index in [1.807, 2.05) is 40.8 Å². The van der Waals surface area contributed by atoms with Gasteiger partial charge in [0.15, 0.2) is 5.65 Å². The van der Waals surface area contributed by atoms with E-state index in [0.717, 1.165) is 35.3 Å². The molecule has 0 saturated heterocycles. The van der Waals surface area contributed by atoms with Gasteiger partial charge in [0.25, 0.3) is 5.91 Å². The number of pyridine rings is 1. The first-order valence-corrected chi connectivity index (χ1v) is 8.82. The summed E-state index contributed by atoms with van der Waals surface area (Å²) in [6, 6.07) is 1.90. The monoisotopic (exact) mass is 353 g/mol. The standard InChI is InChI=1S/C18H23N7O/c1-10-14-12(8-13(11-6-7-11)21-15(14)24(5)23-10)16(26)22-17-19-9-20-25(17)18(2,3)4/h8-9,11H,6-7H2,1-5H3,(H,19,20,22,26). The van der Waals surface area contributed by atoms with Crippen molar-refractivity contribution >= 4 is 22.9 Å². The van der Waals surface area contributed by atoms with E-state index in [4.69, 9.17) is 4.98 Å². The number of fused-ring (bicyclic) bond motifs is 1. The van der Waals surface area contributed by atoms with Crippen LogP contribution in [0.1, 0.15) is 61.3 Å². The van der Waals surface area contributed by atoms with Crippen molar-refractivity contribution in [3.63, 3.8) is 0 Å². The molecule has 0 spiro atoms. The zero-order valence-corrected chi connectivity index (χ0v) is 15.7. The third-order valence-electron chi connectivity index (χ3n) is 4.64. The minimum absolute atomic E-state index is 0.214. The average molecular weight is 353 g/mol. The minimum atomic E-state index is -0.282. The molecule has 8 nitrogen and oxygen atoms in total. The molecule has 0 radical (unpaired) electrons. The Hall–Kier alpha value is -2.77. The molecule has 4 rings (SSSR count). The molecule has 3 heterocycles. The van der Waals surface area contributed by atoms with Gasteiger partial charge in [-0.1, -0.05) is 0 Å². The van der Waals surface area contributed by atoms with E-state index in [0.29, 0.717) is 17.4 Å². The first kappa shape index (κ1) is 16.7. The fourth-order valence-corrected chi connectivity index (χ4v) is 3.22. The molecule has 1 saturated carbocycles. The van der Waals surface area contributed by atoms with Gasteiger partial charge < -0.3 is 0 Å². The summed E-state index contributed by atoms with van der Waals surface area (Å²) in [5, 5.41) is 12.4. The van der Waals surface area contributed by atoms with E-state index in [9.17, 15) is 4.79 Å². The number of rotatable bonds is 3. The molecule has 0 atom stereocenters. The van der Waals surface area contributed by atoms with Crippen LogP contribution < -0.4 is 5.32 Å². The summed E-state index contributed by atoms with van der Waals surface area (Å²) >= 11 is 0. The number of anilines is 1. The highest BCUT2D eigenvalue weighted by molar-refractivity contribution is 6.12. The van der Waals surface area contributed by atoms with Crippen molar-refractivity contribution < 1.29 is 4.79 Å². The van der Waals surface area contributed by atoms with Crippen LogP contribution in [0.4, 0.5) is 5.95 Å². The largest absolute Gasteiger partial charge is 0.291 e. The quantitative estimate of drug-likeness (QED) is 0.782. The number of carbonyl (C=O) groups excluding carboxylic acids is 1. The van der Waals surface area contributed by atoms with E-state index in [-0.39, 0.29) is 11.4 Å². The van der Waals surface area contributed by atoms with Gasteiger partial charge in [0.05, 0.1) is 22.2 Å². The molecule has 1 fully saturated rings. The predicted molar refractivity (Wildman–Crippen MR) is 98.2 cm³/mol. The lowest BCUT2D eigenvalue weighted by atomic mass is 10.1. The smallest absolute Gasteiger partial charge is 0.258 e. The van der Waals surface area contributed by atoms with Crippen LogP contribution in [0.2, 0.25) is 0 Å². The van der Waals surface area contributed by atoms with Gasteiger partial charge in [0.2, 0.25) is 5.95 Å². The van der Waals surface area contributed by atoms with E-state index in [1.54, 1.807) is 9.36 Å². The van der Waals surface area contributed by atoms with Crippen LogP contribution in [-0.4, -0.2) is 35.4 Å². The maximum Gasteiger partial charge on any atom is 0.258 e. The highest BCUT2D eigenvalue weighted by Gasteiger charge is 2.29. The minimum Gasteiger partial charge on any atom is -0.291 e. The highest BCUT2D eigenvalue weighted by atomic mass is 16.1. The molecule has 1 N–H and O–H groups in total. The molecule has 0 bridgehead atoms. The highest BCUT2D eigenvalue weighted by Crippen LogP contribution is 2.40. The van der Waals surface area contributed by atoms with Crippen LogP contribution in [0.5, 0.6) is 0 Å². The van der Waals surface area contributed by atoms with Crippen LogP contribution in [0, 0.1) is 6.92 Å². The molecule has 0 aliphatic heterocycles. The lowest BCUT2D eigenvalue weighted by Gasteiger charge is -2.21. The second kappa shape index (κ2) is 5.62. The summed E-state index contributed by atoms with van der Waals surface area (Å²) in [6.45, 7) is 7.94. The molecule has 136 valence electrons. The van der Waals surface area contributed by atoms with E-state index >= 15 is 0 Å². The third kappa shape index (κ3) is 2.75. The van der Waals surface area contributed by atoms with Crippen LogP contribution in [0.15, 0.2) is 12.4 Å². The maximum atomic E-state index is 13.1. The first-order valence-electron chi connectivity index (χ1n) is 8.82. The summed E-state index contributed by atoms with van der Waals surface area (Å²) in [4.78, 5) is 22.1. The lowest BCUT2D eigenvalue weighted by Crippen LogP contribution is -2.27. The number of hydrogen-bond acceptors (Lipinski definition) is 5. The summed E-state index contributed by atoms with van der Waals surface area (Å²) in [5.41, 5.74) is 2.80. The molecule has 26 heavy (non-hydrogen) atoms. The van der Waals surface area contributed by atoms with Gasteiger partial charge in [-0.15, -0.1) is 0 Å². The molecule has 0 aromatic carbocycles. The number of aromatic nitrogens is 6. The molecule has 0 unspecified atom stereocenters. The van der Waals surface area contributed by atoms with Crippen molar-refractivity contribution in [2.24, 2.45) is 7.05 Å². The summed E-state index contributed by atoms with van der Waals surface area (Å²) in [5.74, 6) is 0.662. The lowest BCUT2D eigenvalue weighted by molar-refractivity contribution is 0.102. The molecule has 3 aromatic rings. The normalized spacial score (nSPS) is 14.8. The van der Waals surface area contributed by atoms with Crippen molar-refractivity contribution in [3.8, 4) is 0 Å². The van der Waals surface area contributed by atoms with Gasteiger partial charge in [0, 0.05) is 18.7 Å². The predicted octanol–water partition coefficient (Wildman–Crippen LogP) is 2.75. The number of amides is 1. The Bertz CT molecular complexity index is 1000. The number of nitrogens with one attached hydrogen (secondary N) is 1. The zero-order chi connectivity index (χ0) is 18.6. The van der Waals surface area contributed by atoms with Gasteiger partial charge in [-0.05, 0) is 46.6 Å². The Labute approximate surface area is 151 Å². The third-order valence-corrected chi connectivity index (χ3v) is 4.64. The Kier molecular flexibility index (Phi) is 3.61. The van der Waals surface area contributed by atoms with Crippen molar-refractivity contribution in [1.82, 2.24) is 29.5 Å². The Morgan fingerprint density at radius 1 is 1.31 bits per heavy atom. The molecule has 1 aliphatic rings. The van der Waals surface area contributed by atoms with Gasteiger partial charge in [0.1, 0.15) is 6.33 Å². The number of aryl methyl sites for hydroxylation is 2. The van der Waals surface area contributed by atoms with Crippen molar-refractivity contribution in [2.75, 3.05) is 5.32 Å². The molecule has 8 heteroatoms. The van der Waals surface area contributed by atoms with E-state index < -0.39 is 0 Å². The summed E-state index contributed by atoms with van der Waals surface area (Å²) < 4.78 is 3.45. The van der Waals surface area contributed by atoms with Crippen LogP contribution in [0.3, 0.4) is 0 Å². The average Bonchev–Trinajstić information content (AvgIpc) is 3.24. The van der Waals surface area contributed by atoms with Crippen molar-refractivity contribution in [1.29, 1.82) is 0 Å². The molecule has 1 amide bonds. The topological polar surface area (TPSA) is 90.5 Å². The van der Waals surface area contributed by atoms with Crippen LogP contribution in [-0.2, 0) is 12.6 Å². The Morgan fingerprint density at radius 2 is 2.04 bits per heavy atom. The first-order chi connectivity index (χ1) is 12.3. The zero-order valence-electron chi connectivity index (χ0n) is 15.7. The van der Waals surface area contributed by atoms with E-state index in [2.05, 4.69) is 20.5 Å². The fraction of sp³-hybridized carbons (Fsp3) is 0.500. The summed E-state index contributed by atoms with van der Waals surface area (Å²) in [7, 11) is 1.86. The number of nitrogens with zero attached hydrogens (tertiary/aromatic N) is 6. The second-order valence-corrected chi connectivity index (χ2v) is 7.90. The molecule has 1 aliphatic carbocycles. The van der Waals surface area contributed by atoms with Crippen molar-refractivity contribution in [2.45, 2.75) is 52.0 Å². The molecular formula is C18H23N7O. The van der Waals surface area contributed by atoms with Crippen LogP contribution in [0.25, 0.3) is 11.0 Å². The fourth-order valence-electron chi connectivity index (χ4n) is 3.22. The molecular weight excluding hydrogens is 330 g/mol. The Morgan fingerprint density at radius 3 is 2.69 bits per heavy atom. The van der Waals surface area contributed by atoms with E-state index in [1.165, 1.54) is 6.33 Å². The maximum absolute atomic E-state index is 13.1. The van der Waals surface area contributed by atoms with Gasteiger partial charge in [-0.2, -0.15) is 15.2 Å². The van der Waals surface area contributed by atoms with Gasteiger partial charge in [-0.25, -0.2) is 9.67 Å². The van der Waals surface area contributed by atoms with Gasteiger partial charge >= 0.3 is 0 Å². The second-order valence-electron chi connectivity index (χ2n) is 7.90. The Balaban J connectivity index is 1.79. The van der Waals surface area contributed by atoms with Crippen molar-refractivity contribution in [3.05, 3.63) is 29.3 Å². The number of hydrogen-bond donors (Lipinski definition) is 1. The molecule has 3 aromatic heterocycles. The number of carbonyl (C=O) groups is 1.